The number of nitrogens with zero attached hydrogens (tertiary/aromatic N) is 1. The minimum atomic E-state index is 0.661. The highest BCUT2D eigenvalue weighted by molar-refractivity contribution is 5.25. The van der Waals surface area contributed by atoms with Crippen molar-refractivity contribution < 1.29 is 0 Å². The Balaban J connectivity index is 1.83. The molecule has 2 rings (SSSR count). The molecule has 1 atom stereocenters. The van der Waals surface area contributed by atoms with E-state index in [4.69, 9.17) is 5.73 Å². The van der Waals surface area contributed by atoms with Crippen molar-refractivity contribution in [3.63, 3.8) is 0 Å². The van der Waals surface area contributed by atoms with Gasteiger partial charge in [-0.2, -0.15) is 0 Å². The molecular formula is C17H28N2. The van der Waals surface area contributed by atoms with Crippen LogP contribution in [0.3, 0.4) is 0 Å². The van der Waals surface area contributed by atoms with Crippen molar-refractivity contribution in [1.82, 2.24) is 4.90 Å². The second-order valence-electron chi connectivity index (χ2n) is 5.81. The molecule has 0 aromatic heterocycles. The number of nitrogens with two attached hydrogens (primary N) is 1. The molecule has 1 aromatic carbocycles. The summed E-state index contributed by atoms with van der Waals surface area (Å²) < 4.78 is 0. The van der Waals surface area contributed by atoms with E-state index in [9.17, 15) is 0 Å². The first-order valence-corrected chi connectivity index (χ1v) is 7.82. The van der Waals surface area contributed by atoms with Gasteiger partial charge in [0.25, 0.3) is 0 Å². The average Bonchev–Trinajstić information content (AvgIpc) is 2.87. The maximum absolute atomic E-state index is 5.53. The van der Waals surface area contributed by atoms with E-state index in [1.165, 1.54) is 62.7 Å². The van der Waals surface area contributed by atoms with E-state index in [1.807, 2.05) is 0 Å². The molecule has 1 saturated heterocycles. The van der Waals surface area contributed by atoms with Crippen molar-refractivity contribution in [2.45, 2.75) is 51.5 Å². The molecule has 0 amide bonds. The Labute approximate surface area is 118 Å². The fourth-order valence-electron chi connectivity index (χ4n) is 3.16. The van der Waals surface area contributed by atoms with E-state index in [0.29, 0.717) is 6.04 Å². The van der Waals surface area contributed by atoms with Crippen LogP contribution in [0, 0.1) is 6.92 Å². The lowest BCUT2D eigenvalue weighted by Crippen LogP contribution is -2.24. The summed E-state index contributed by atoms with van der Waals surface area (Å²) in [5.74, 6) is 0. The van der Waals surface area contributed by atoms with Gasteiger partial charge in [0, 0.05) is 6.04 Å². The molecule has 0 spiro atoms. The van der Waals surface area contributed by atoms with E-state index >= 15 is 0 Å². The minimum absolute atomic E-state index is 0.661. The Kier molecular flexibility index (Phi) is 5.87. The number of unbranched alkanes of at least 4 members (excludes halogenated alkanes) is 3. The number of likely N-dealkylation sites (tertiary alicyclic amines) is 1. The molecule has 19 heavy (non-hydrogen) atoms. The van der Waals surface area contributed by atoms with Gasteiger partial charge in [0.05, 0.1) is 0 Å². The zero-order valence-corrected chi connectivity index (χ0v) is 12.3. The Hall–Kier alpha value is -0.860. The van der Waals surface area contributed by atoms with Crippen LogP contribution in [0.15, 0.2) is 24.3 Å². The predicted octanol–water partition coefficient (Wildman–Crippen LogP) is 3.65. The summed E-state index contributed by atoms with van der Waals surface area (Å²) in [7, 11) is 0. The maximum Gasteiger partial charge on any atom is 0.0348 e. The molecular weight excluding hydrogens is 232 g/mol. The van der Waals surface area contributed by atoms with E-state index in [0.717, 1.165) is 6.54 Å². The highest BCUT2D eigenvalue weighted by atomic mass is 15.2. The maximum atomic E-state index is 5.53. The lowest BCUT2D eigenvalue weighted by molar-refractivity contribution is 0.251. The van der Waals surface area contributed by atoms with Crippen LogP contribution in [-0.4, -0.2) is 24.5 Å². The number of benzene rings is 1. The second-order valence-corrected chi connectivity index (χ2v) is 5.81. The molecule has 1 unspecified atom stereocenters. The zero-order chi connectivity index (χ0) is 13.5. The van der Waals surface area contributed by atoms with Crippen molar-refractivity contribution in [1.29, 1.82) is 0 Å². The van der Waals surface area contributed by atoms with E-state index in [1.54, 1.807) is 0 Å². The fourth-order valence-corrected chi connectivity index (χ4v) is 3.16. The minimum Gasteiger partial charge on any atom is -0.330 e. The molecule has 0 radical (unpaired) electrons. The van der Waals surface area contributed by atoms with Crippen molar-refractivity contribution in [3.8, 4) is 0 Å². The smallest absolute Gasteiger partial charge is 0.0348 e. The lowest BCUT2D eigenvalue weighted by Gasteiger charge is -2.25. The number of hydrogen-bond acceptors (Lipinski definition) is 2. The molecule has 1 fully saturated rings. The molecule has 106 valence electrons. The number of hydrogen-bond donors (Lipinski definition) is 1. The van der Waals surface area contributed by atoms with Gasteiger partial charge in [0.1, 0.15) is 0 Å². The summed E-state index contributed by atoms with van der Waals surface area (Å²) in [6, 6.07) is 9.70. The van der Waals surface area contributed by atoms with Crippen molar-refractivity contribution >= 4 is 0 Å². The van der Waals surface area contributed by atoms with E-state index in [-0.39, 0.29) is 0 Å². The molecule has 2 nitrogen and oxygen atoms in total. The summed E-state index contributed by atoms with van der Waals surface area (Å²) in [6.07, 6.45) is 7.80. The zero-order valence-electron chi connectivity index (χ0n) is 12.3. The van der Waals surface area contributed by atoms with Crippen molar-refractivity contribution in [2.24, 2.45) is 5.73 Å². The largest absolute Gasteiger partial charge is 0.330 e. The summed E-state index contributed by atoms with van der Waals surface area (Å²) >= 11 is 0. The third-order valence-electron chi connectivity index (χ3n) is 4.19. The SMILES string of the molecule is Cc1cccc(C2CCCN2CCCCCCN)c1. The number of rotatable bonds is 7. The van der Waals surface area contributed by atoms with Crippen LogP contribution in [-0.2, 0) is 0 Å². The van der Waals surface area contributed by atoms with Gasteiger partial charge in [0.15, 0.2) is 0 Å². The van der Waals surface area contributed by atoms with Gasteiger partial charge in [-0.15, -0.1) is 0 Å². The first-order valence-electron chi connectivity index (χ1n) is 7.82. The Morgan fingerprint density at radius 1 is 1.21 bits per heavy atom. The quantitative estimate of drug-likeness (QED) is 0.758. The topological polar surface area (TPSA) is 29.3 Å². The average molecular weight is 260 g/mol. The first kappa shape index (κ1) is 14.5. The van der Waals surface area contributed by atoms with Crippen LogP contribution in [0.2, 0.25) is 0 Å². The Morgan fingerprint density at radius 2 is 2.05 bits per heavy atom. The highest BCUT2D eigenvalue weighted by Gasteiger charge is 2.25. The predicted molar refractivity (Wildman–Crippen MR) is 82.2 cm³/mol. The highest BCUT2D eigenvalue weighted by Crippen LogP contribution is 2.32. The Morgan fingerprint density at radius 3 is 2.84 bits per heavy atom. The molecule has 1 aliphatic rings. The van der Waals surface area contributed by atoms with Gasteiger partial charge in [0.2, 0.25) is 0 Å². The van der Waals surface area contributed by atoms with Crippen LogP contribution >= 0.6 is 0 Å². The van der Waals surface area contributed by atoms with Gasteiger partial charge in [-0.05, 0) is 57.8 Å². The molecule has 1 aliphatic heterocycles. The van der Waals surface area contributed by atoms with Crippen LogP contribution in [0.25, 0.3) is 0 Å². The van der Waals surface area contributed by atoms with Gasteiger partial charge in [-0.25, -0.2) is 0 Å². The standard InChI is InChI=1S/C17H28N2/c1-15-8-6-9-16(14-15)17-10-7-13-19(17)12-5-3-2-4-11-18/h6,8-9,14,17H,2-5,7,10-13,18H2,1H3. The third-order valence-corrected chi connectivity index (χ3v) is 4.19. The molecule has 1 heterocycles. The van der Waals surface area contributed by atoms with Crippen LogP contribution in [0.1, 0.15) is 55.7 Å². The summed E-state index contributed by atoms with van der Waals surface area (Å²) in [5, 5.41) is 0. The number of aryl methyl sites for hydroxylation is 1. The molecule has 0 aliphatic carbocycles. The van der Waals surface area contributed by atoms with Gasteiger partial charge < -0.3 is 5.73 Å². The Bertz CT molecular complexity index is 375. The van der Waals surface area contributed by atoms with Crippen LogP contribution < -0.4 is 5.73 Å². The monoisotopic (exact) mass is 260 g/mol. The van der Waals surface area contributed by atoms with Gasteiger partial charge >= 0.3 is 0 Å². The molecule has 2 heteroatoms. The summed E-state index contributed by atoms with van der Waals surface area (Å²) in [4.78, 5) is 2.68. The van der Waals surface area contributed by atoms with E-state index < -0.39 is 0 Å². The van der Waals surface area contributed by atoms with Crippen molar-refractivity contribution in [3.05, 3.63) is 35.4 Å². The fraction of sp³-hybridized carbons (Fsp3) is 0.647. The third kappa shape index (κ3) is 4.32. The molecule has 0 bridgehead atoms. The normalized spacial score (nSPS) is 20.0. The van der Waals surface area contributed by atoms with Gasteiger partial charge in [-0.3, -0.25) is 4.90 Å². The molecule has 1 aromatic rings. The van der Waals surface area contributed by atoms with Crippen molar-refractivity contribution in [2.75, 3.05) is 19.6 Å². The van der Waals surface area contributed by atoms with Crippen LogP contribution in [0.5, 0.6) is 0 Å². The summed E-state index contributed by atoms with van der Waals surface area (Å²) in [6.45, 7) is 5.56. The molecule has 2 N–H and O–H groups in total. The van der Waals surface area contributed by atoms with Gasteiger partial charge in [-0.1, -0.05) is 42.7 Å². The van der Waals surface area contributed by atoms with E-state index in [2.05, 4.69) is 36.1 Å². The summed E-state index contributed by atoms with van der Waals surface area (Å²) in [5.41, 5.74) is 8.43. The second kappa shape index (κ2) is 7.66. The lowest BCUT2D eigenvalue weighted by atomic mass is 10.0. The molecule has 0 saturated carbocycles. The first-order chi connectivity index (χ1) is 9.31. The van der Waals surface area contributed by atoms with Crippen LogP contribution in [0.4, 0.5) is 0 Å².